The Hall–Kier alpha value is -1.64. The van der Waals surface area contributed by atoms with Gasteiger partial charge in [0, 0.05) is 13.1 Å². The first kappa shape index (κ1) is 15.7. The molecule has 3 N–H and O–H groups in total. The maximum Gasteiger partial charge on any atom is 0.339 e. The van der Waals surface area contributed by atoms with Crippen molar-refractivity contribution in [1.82, 2.24) is 4.31 Å². The number of aromatic hydroxyl groups is 1. The first-order chi connectivity index (χ1) is 9.54. The molecule has 0 radical (unpaired) electrons. The van der Waals surface area contributed by atoms with Gasteiger partial charge in [-0.15, -0.1) is 0 Å². The van der Waals surface area contributed by atoms with Crippen molar-refractivity contribution >= 4 is 16.0 Å². The number of aryl methyl sites for hydroxylation is 1. The van der Waals surface area contributed by atoms with Crippen molar-refractivity contribution in [1.29, 1.82) is 0 Å². The molecule has 8 heteroatoms. The zero-order valence-electron chi connectivity index (χ0n) is 11.7. The number of nitrogens with zero attached hydrogens (tertiary/aromatic N) is 1. The topological polar surface area (TPSA) is 115 Å². The molecular weight excluding hydrogens is 298 g/mol. The quantitative estimate of drug-likeness (QED) is 0.750. The minimum Gasteiger partial charge on any atom is -0.507 e. The lowest BCUT2D eigenvalue weighted by atomic mass is 10.1. The maximum absolute atomic E-state index is 12.6. The van der Waals surface area contributed by atoms with Gasteiger partial charge in [-0.1, -0.05) is 0 Å². The molecule has 21 heavy (non-hydrogen) atoms. The van der Waals surface area contributed by atoms with Crippen molar-refractivity contribution in [3.05, 3.63) is 23.3 Å². The lowest BCUT2D eigenvalue weighted by molar-refractivity contribution is 0.0692. The Balaban J connectivity index is 2.51. The monoisotopic (exact) mass is 315 g/mol. The SMILES string of the molecule is Cc1cc(O)c(C(=O)O)cc1S(=O)(=O)N1CCC(C)(O)C1. The molecule has 1 aromatic rings. The number of aromatic carboxylic acids is 1. The zero-order chi connectivity index (χ0) is 16.0. The van der Waals surface area contributed by atoms with Crippen LogP contribution in [0.1, 0.15) is 29.3 Å². The molecule has 1 fully saturated rings. The van der Waals surface area contributed by atoms with Gasteiger partial charge in [-0.05, 0) is 38.0 Å². The van der Waals surface area contributed by atoms with E-state index in [1.807, 2.05) is 0 Å². The van der Waals surface area contributed by atoms with Gasteiger partial charge in [0.05, 0.1) is 10.5 Å². The highest BCUT2D eigenvalue weighted by Crippen LogP contribution is 2.31. The van der Waals surface area contributed by atoms with Crippen LogP contribution in [0, 0.1) is 6.92 Å². The van der Waals surface area contributed by atoms with Crippen molar-refractivity contribution in [2.75, 3.05) is 13.1 Å². The Bertz CT molecular complexity index is 695. The predicted molar refractivity (Wildman–Crippen MR) is 73.8 cm³/mol. The summed E-state index contributed by atoms with van der Waals surface area (Å²) in [6.07, 6.45) is 0.315. The first-order valence-corrected chi connectivity index (χ1v) is 7.78. The molecule has 2 rings (SSSR count). The molecule has 1 aromatic carbocycles. The molecule has 0 bridgehead atoms. The maximum atomic E-state index is 12.6. The van der Waals surface area contributed by atoms with Gasteiger partial charge in [-0.2, -0.15) is 4.31 Å². The van der Waals surface area contributed by atoms with Gasteiger partial charge < -0.3 is 15.3 Å². The number of benzene rings is 1. The van der Waals surface area contributed by atoms with E-state index in [0.29, 0.717) is 6.42 Å². The highest BCUT2D eigenvalue weighted by Gasteiger charge is 2.39. The van der Waals surface area contributed by atoms with Gasteiger partial charge >= 0.3 is 5.97 Å². The van der Waals surface area contributed by atoms with Crippen molar-refractivity contribution in [3.8, 4) is 5.75 Å². The second-order valence-corrected chi connectivity index (χ2v) is 7.43. The van der Waals surface area contributed by atoms with Crippen LogP contribution in [0.3, 0.4) is 0 Å². The van der Waals surface area contributed by atoms with Crippen LogP contribution >= 0.6 is 0 Å². The molecule has 0 spiro atoms. The smallest absolute Gasteiger partial charge is 0.339 e. The number of β-amino-alcohol motifs (C(OH)–C–C–N with tert-alkyl or cyclic N) is 1. The minimum atomic E-state index is -3.91. The number of rotatable bonds is 3. The standard InChI is InChI=1S/C13H17NO6S/c1-8-5-10(15)9(12(16)17)6-11(8)21(19,20)14-4-3-13(2,18)7-14/h5-6,15,18H,3-4,7H2,1-2H3,(H,16,17). The second-order valence-electron chi connectivity index (χ2n) is 5.53. The summed E-state index contributed by atoms with van der Waals surface area (Å²) < 4.78 is 26.3. The van der Waals surface area contributed by atoms with Crippen molar-refractivity contribution in [2.45, 2.75) is 30.8 Å². The predicted octanol–water partition coefficient (Wildman–Crippen LogP) is 0.544. The van der Waals surface area contributed by atoms with Crippen LogP contribution in [0.5, 0.6) is 5.75 Å². The summed E-state index contributed by atoms with van der Waals surface area (Å²) in [5, 5.41) is 28.4. The van der Waals surface area contributed by atoms with Crippen molar-refractivity contribution < 1.29 is 28.5 Å². The number of carboxylic acids is 1. The zero-order valence-corrected chi connectivity index (χ0v) is 12.5. The summed E-state index contributed by atoms with van der Waals surface area (Å²) in [5.41, 5.74) is -1.30. The Kier molecular flexibility index (Phi) is 3.73. The van der Waals surface area contributed by atoms with E-state index < -0.39 is 32.9 Å². The van der Waals surface area contributed by atoms with Gasteiger partial charge in [0.15, 0.2) is 0 Å². The Morgan fingerprint density at radius 3 is 2.48 bits per heavy atom. The van der Waals surface area contributed by atoms with E-state index in [0.717, 1.165) is 16.4 Å². The number of aliphatic hydroxyl groups is 1. The molecule has 1 unspecified atom stereocenters. The molecule has 1 atom stereocenters. The summed E-state index contributed by atoms with van der Waals surface area (Å²) in [6, 6.07) is 2.07. The average Bonchev–Trinajstić information content (AvgIpc) is 2.69. The van der Waals surface area contributed by atoms with E-state index in [2.05, 4.69) is 0 Å². The van der Waals surface area contributed by atoms with Gasteiger partial charge in [-0.3, -0.25) is 0 Å². The van der Waals surface area contributed by atoms with E-state index >= 15 is 0 Å². The molecule has 0 saturated carbocycles. The number of sulfonamides is 1. The van der Waals surface area contributed by atoms with Crippen LogP contribution < -0.4 is 0 Å². The van der Waals surface area contributed by atoms with Crippen LogP contribution in [-0.4, -0.2) is 52.7 Å². The summed E-state index contributed by atoms with van der Waals surface area (Å²) in [5.74, 6) is -1.88. The van der Waals surface area contributed by atoms with Gasteiger partial charge in [-0.25, -0.2) is 13.2 Å². The van der Waals surface area contributed by atoms with Crippen molar-refractivity contribution in [2.24, 2.45) is 0 Å². The fourth-order valence-corrected chi connectivity index (χ4v) is 4.16. The summed E-state index contributed by atoms with van der Waals surface area (Å²) in [4.78, 5) is 10.9. The first-order valence-electron chi connectivity index (χ1n) is 6.34. The molecule has 7 nitrogen and oxygen atoms in total. The van der Waals surface area contributed by atoms with Gasteiger partial charge in [0.2, 0.25) is 10.0 Å². The van der Waals surface area contributed by atoms with E-state index in [1.54, 1.807) is 6.92 Å². The number of phenols is 1. The summed E-state index contributed by atoms with van der Waals surface area (Å²) >= 11 is 0. The van der Waals surface area contributed by atoms with Crippen LogP contribution in [-0.2, 0) is 10.0 Å². The number of carboxylic acid groups (broad SMARTS) is 1. The number of carbonyl (C=O) groups is 1. The molecule has 1 aliphatic rings. The second kappa shape index (κ2) is 4.97. The average molecular weight is 315 g/mol. The largest absolute Gasteiger partial charge is 0.507 e. The van der Waals surface area contributed by atoms with E-state index in [4.69, 9.17) is 5.11 Å². The van der Waals surface area contributed by atoms with Crippen LogP contribution in [0.15, 0.2) is 17.0 Å². The third kappa shape index (κ3) is 2.87. The Morgan fingerprint density at radius 2 is 2.00 bits per heavy atom. The molecule has 116 valence electrons. The van der Waals surface area contributed by atoms with E-state index in [1.165, 1.54) is 6.92 Å². The highest BCUT2D eigenvalue weighted by molar-refractivity contribution is 7.89. The van der Waals surface area contributed by atoms with Crippen LogP contribution in [0.4, 0.5) is 0 Å². The van der Waals surface area contributed by atoms with E-state index in [-0.39, 0.29) is 23.5 Å². The molecule has 0 aliphatic carbocycles. The number of hydrogen-bond donors (Lipinski definition) is 3. The number of hydrogen-bond acceptors (Lipinski definition) is 5. The molecule has 1 heterocycles. The molecule has 1 aliphatic heterocycles. The molecular formula is C13H17NO6S. The lowest BCUT2D eigenvalue weighted by Crippen LogP contribution is -2.34. The van der Waals surface area contributed by atoms with Crippen molar-refractivity contribution in [3.63, 3.8) is 0 Å². The molecule has 1 saturated heterocycles. The van der Waals surface area contributed by atoms with Gasteiger partial charge in [0.25, 0.3) is 0 Å². The fourth-order valence-electron chi connectivity index (χ4n) is 2.37. The summed E-state index contributed by atoms with van der Waals surface area (Å²) in [6.45, 7) is 3.15. The molecule has 0 amide bonds. The van der Waals surface area contributed by atoms with E-state index in [9.17, 15) is 23.4 Å². The lowest BCUT2D eigenvalue weighted by Gasteiger charge is -2.20. The third-order valence-corrected chi connectivity index (χ3v) is 5.55. The van der Waals surface area contributed by atoms with Crippen LogP contribution in [0.2, 0.25) is 0 Å². The minimum absolute atomic E-state index is 0.0436. The summed E-state index contributed by atoms with van der Waals surface area (Å²) in [7, 11) is -3.91. The van der Waals surface area contributed by atoms with Gasteiger partial charge in [0.1, 0.15) is 11.3 Å². The molecule has 0 aromatic heterocycles. The fraction of sp³-hybridized carbons (Fsp3) is 0.462. The normalized spacial score (nSPS) is 23.4. The highest BCUT2D eigenvalue weighted by atomic mass is 32.2. The van der Waals surface area contributed by atoms with Crippen LogP contribution in [0.25, 0.3) is 0 Å². The third-order valence-electron chi connectivity index (χ3n) is 3.56. The Morgan fingerprint density at radius 1 is 1.38 bits per heavy atom. The Labute approximate surface area is 122 Å².